The fourth-order valence-electron chi connectivity index (χ4n) is 5.28. The Kier molecular flexibility index (Phi) is 8.24. The first-order valence-electron chi connectivity index (χ1n) is 11.5. The first-order valence-corrected chi connectivity index (χ1v) is 14.2. The van der Waals surface area contributed by atoms with Crippen molar-refractivity contribution in [3.63, 3.8) is 0 Å². The minimum Gasteiger partial charge on any atom is -0.481 e. The third kappa shape index (κ3) is 5.84. The van der Waals surface area contributed by atoms with E-state index in [1.807, 2.05) is 37.3 Å². The number of carboxylic acid groups (broad SMARTS) is 1. The standard InChI is InChI=1S/C26H31Cl2NO5S/c1-5-22(16(2)35(4,33)34)29-24(17-9-11-19(27)12-10-17)21(18-7-6-8-20(28)13-18)14-26(3,25(29)32)15-23(30)31/h6-13,16,21-22,24H,5,14-15H2,1-4H3,(H,30,31)/t16-,21-,22+,24-,26-/m1/s1. The second kappa shape index (κ2) is 10.5. The van der Waals surface area contributed by atoms with Gasteiger partial charge in [-0.25, -0.2) is 8.42 Å². The number of carbonyl (C=O) groups is 2. The maximum absolute atomic E-state index is 14.1. The molecule has 0 spiro atoms. The van der Waals surface area contributed by atoms with Crippen LogP contribution in [-0.2, 0) is 19.4 Å². The first-order chi connectivity index (χ1) is 16.3. The number of nitrogens with zero attached hydrogens (tertiary/aromatic N) is 1. The lowest BCUT2D eigenvalue weighted by Crippen LogP contribution is -2.59. The second-order valence-electron chi connectivity index (χ2n) is 9.72. The predicted octanol–water partition coefficient (Wildman–Crippen LogP) is 5.74. The highest BCUT2D eigenvalue weighted by Gasteiger charge is 2.53. The summed E-state index contributed by atoms with van der Waals surface area (Å²) in [5.41, 5.74) is 0.421. The molecule has 1 aliphatic rings. The smallest absolute Gasteiger partial charge is 0.304 e. The Bertz CT molecular complexity index is 1200. The third-order valence-corrected chi connectivity index (χ3v) is 9.28. The van der Waals surface area contributed by atoms with Crippen LogP contribution < -0.4 is 0 Å². The average Bonchev–Trinajstić information content (AvgIpc) is 2.76. The molecule has 190 valence electrons. The lowest BCUT2D eigenvalue weighted by molar-refractivity contribution is -0.160. The Hall–Kier alpha value is -2.09. The topological polar surface area (TPSA) is 91.8 Å². The number of carboxylic acids is 1. The molecule has 6 nitrogen and oxygen atoms in total. The van der Waals surface area contributed by atoms with Crippen LogP contribution >= 0.6 is 23.2 Å². The maximum Gasteiger partial charge on any atom is 0.304 e. The molecule has 1 fully saturated rings. The van der Waals surface area contributed by atoms with Gasteiger partial charge in [0, 0.05) is 28.3 Å². The van der Waals surface area contributed by atoms with Crippen LogP contribution in [0.2, 0.25) is 10.0 Å². The molecular formula is C26H31Cl2NO5S. The summed E-state index contributed by atoms with van der Waals surface area (Å²) in [6.45, 7) is 5.10. The van der Waals surface area contributed by atoms with Gasteiger partial charge in [0.25, 0.3) is 0 Å². The molecule has 5 atom stereocenters. The van der Waals surface area contributed by atoms with Crippen LogP contribution in [0.1, 0.15) is 63.1 Å². The average molecular weight is 541 g/mol. The lowest BCUT2D eigenvalue weighted by atomic mass is 9.67. The number of sulfone groups is 1. The number of amides is 1. The summed E-state index contributed by atoms with van der Waals surface area (Å²) in [6.07, 6.45) is 1.45. The van der Waals surface area contributed by atoms with Gasteiger partial charge < -0.3 is 10.0 Å². The van der Waals surface area contributed by atoms with E-state index in [-0.39, 0.29) is 24.7 Å². The quantitative estimate of drug-likeness (QED) is 0.461. The highest BCUT2D eigenvalue weighted by molar-refractivity contribution is 7.91. The van der Waals surface area contributed by atoms with Crippen molar-refractivity contribution in [3.8, 4) is 0 Å². The van der Waals surface area contributed by atoms with Gasteiger partial charge in [0.15, 0.2) is 9.84 Å². The van der Waals surface area contributed by atoms with Crippen LogP contribution in [0.25, 0.3) is 0 Å². The van der Waals surface area contributed by atoms with Gasteiger partial charge in [0.1, 0.15) is 0 Å². The predicted molar refractivity (Wildman–Crippen MR) is 139 cm³/mol. The van der Waals surface area contributed by atoms with E-state index < -0.39 is 38.6 Å². The molecule has 9 heteroatoms. The van der Waals surface area contributed by atoms with Crippen LogP contribution in [0.15, 0.2) is 48.5 Å². The highest BCUT2D eigenvalue weighted by Crippen LogP contribution is 2.52. The molecule has 0 aliphatic carbocycles. The fourth-order valence-corrected chi connectivity index (χ4v) is 6.50. The Morgan fingerprint density at radius 3 is 2.29 bits per heavy atom. The van der Waals surface area contributed by atoms with E-state index in [1.54, 1.807) is 36.9 Å². The van der Waals surface area contributed by atoms with Gasteiger partial charge in [-0.15, -0.1) is 0 Å². The molecule has 1 saturated heterocycles. The molecule has 2 aromatic carbocycles. The largest absolute Gasteiger partial charge is 0.481 e. The normalized spacial score (nSPS) is 24.7. The zero-order valence-electron chi connectivity index (χ0n) is 20.2. The van der Waals surface area contributed by atoms with Crippen LogP contribution in [0, 0.1) is 5.41 Å². The van der Waals surface area contributed by atoms with Gasteiger partial charge in [-0.1, -0.05) is 61.3 Å². The van der Waals surface area contributed by atoms with E-state index in [0.717, 1.165) is 17.4 Å². The summed E-state index contributed by atoms with van der Waals surface area (Å²) in [4.78, 5) is 27.6. The highest BCUT2D eigenvalue weighted by atomic mass is 35.5. The molecule has 0 bridgehead atoms. The van der Waals surface area contributed by atoms with Crippen LogP contribution in [0.4, 0.5) is 0 Å². The van der Waals surface area contributed by atoms with Gasteiger partial charge in [-0.2, -0.15) is 0 Å². The molecule has 35 heavy (non-hydrogen) atoms. The number of rotatable bonds is 8. The molecule has 1 aliphatic heterocycles. The molecule has 0 radical (unpaired) electrons. The Morgan fingerprint density at radius 2 is 1.77 bits per heavy atom. The second-order valence-corrected chi connectivity index (χ2v) is 13.0. The first kappa shape index (κ1) is 27.5. The Labute approximate surface area is 217 Å². The molecule has 3 rings (SSSR count). The van der Waals surface area contributed by atoms with Crippen molar-refractivity contribution in [2.45, 2.75) is 63.3 Å². The molecule has 1 heterocycles. The summed E-state index contributed by atoms with van der Waals surface area (Å²) < 4.78 is 25.3. The van der Waals surface area contributed by atoms with E-state index in [2.05, 4.69) is 0 Å². The zero-order chi connectivity index (χ0) is 26.1. The van der Waals surface area contributed by atoms with Gasteiger partial charge >= 0.3 is 5.97 Å². The van der Waals surface area contributed by atoms with Crippen LogP contribution in [-0.4, -0.2) is 47.8 Å². The van der Waals surface area contributed by atoms with Crippen molar-refractivity contribution >= 4 is 44.9 Å². The van der Waals surface area contributed by atoms with E-state index in [4.69, 9.17) is 23.2 Å². The van der Waals surface area contributed by atoms with Crippen molar-refractivity contribution in [1.82, 2.24) is 4.90 Å². The number of hydrogen-bond donors (Lipinski definition) is 1. The number of halogens is 2. The van der Waals surface area contributed by atoms with E-state index >= 15 is 0 Å². The Morgan fingerprint density at radius 1 is 1.14 bits per heavy atom. The van der Waals surface area contributed by atoms with E-state index in [9.17, 15) is 23.1 Å². The van der Waals surface area contributed by atoms with Crippen LogP contribution in [0.5, 0.6) is 0 Å². The van der Waals surface area contributed by atoms with E-state index in [1.165, 1.54) is 0 Å². The molecule has 0 unspecified atom stereocenters. The maximum atomic E-state index is 14.1. The molecule has 0 aromatic heterocycles. The van der Waals surface area contributed by atoms with Gasteiger partial charge in [-0.3, -0.25) is 9.59 Å². The summed E-state index contributed by atoms with van der Waals surface area (Å²) in [6, 6.07) is 13.3. The SMILES string of the molecule is CC[C@@H]([C@@H](C)S(C)(=O)=O)N1C(=O)[C@@](C)(CC(=O)O)C[C@H](c2cccc(Cl)c2)[C@H]1c1ccc(Cl)cc1. The van der Waals surface area contributed by atoms with Crippen molar-refractivity contribution in [3.05, 3.63) is 69.7 Å². The molecule has 0 saturated carbocycles. The lowest BCUT2D eigenvalue weighted by Gasteiger charge is -2.52. The van der Waals surface area contributed by atoms with Crippen LogP contribution in [0.3, 0.4) is 0 Å². The Balaban J connectivity index is 2.30. The number of aliphatic carboxylic acids is 1. The van der Waals surface area contributed by atoms with Gasteiger partial charge in [-0.05, 0) is 55.2 Å². The number of benzene rings is 2. The van der Waals surface area contributed by atoms with Crippen molar-refractivity contribution < 1.29 is 23.1 Å². The molecule has 1 N–H and O–H groups in total. The molecular weight excluding hydrogens is 509 g/mol. The van der Waals surface area contributed by atoms with Gasteiger partial charge in [0.2, 0.25) is 5.91 Å². The van der Waals surface area contributed by atoms with Crippen molar-refractivity contribution in [1.29, 1.82) is 0 Å². The molecule has 1 amide bonds. The monoisotopic (exact) mass is 539 g/mol. The molecule has 2 aromatic rings. The summed E-state index contributed by atoms with van der Waals surface area (Å²) in [5.74, 6) is -1.77. The summed E-state index contributed by atoms with van der Waals surface area (Å²) in [7, 11) is -3.50. The summed E-state index contributed by atoms with van der Waals surface area (Å²) in [5, 5.41) is 9.89. The zero-order valence-corrected chi connectivity index (χ0v) is 22.6. The number of likely N-dealkylation sites (tertiary alicyclic amines) is 1. The third-order valence-electron chi connectivity index (χ3n) is 7.12. The number of hydrogen-bond acceptors (Lipinski definition) is 4. The number of piperidine rings is 1. The fraction of sp³-hybridized carbons (Fsp3) is 0.462. The minimum atomic E-state index is -3.50. The van der Waals surface area contributed by atoms with E-state index in [0.29, 0.717) is 16.5 Å². The number of carbonyl (C=O) groups excluding carboxylic acids is 1. The summed E-state index contributed by atoms with van der Waals surface area (Å²) >= 11 is 12.5. The van der Waals surface area contributed by atoms with Crippen molar-refractivity contribution in [2.24, 2.45) is 5.41 Å². The minimum absolute atomic E-state index is 0.270. The van der Waals surface area contributed by atoms with Crippen molar-refractivity contribution in [2.75, 3.05) is 6.26 Å². The van der Waals surface area contributed by atoms with Gasteiger partial charge in [0.05, 0.1) is 23.1 Å².